The van der Waals surface area contributed by atoms with Gasteiger partial charge in [0.15, 0.2) is 6.61 Å². The van der Waals surface area contributed by atoms with Crippen LogP contribution >= 0.6 is 35.0 Å². The van der Waals surface area contributed by atoms with Crippen molar-refractivity contribution < 1.29 is 19.4 Å². The predicted molar refractivity (Wildman–Crippen MR) is 97.0 cm³/mol. The maximum absolute atomic E-state index is 10.5. The van der Waals surface area contributed by atoms with Crippen LogP contribution in [-0.2, 0) is 4.79 Å². The van der Waals surface area contributed by atoms with Gasteiger partial charge in [-0.25, -0.2) is 4.79 Å². The number of benzene rings is 2. The van der Waals surface area contributed by atoms with E-state index in [9.17, 15) is 4.79 Å². The number of aliphatic carboxylic acids is 1. The fourth-order valence-electron chi connectivity index (χ4n) is 1.92. The summed E-state index contributed by atoms with van der Waals surface area (Å²) in [4.78, 5) is 11.6. The zero-order chi connectivity index (χ0) is 17.5. The van der Waals surface area contributed by atoms with Crippen molar-refractivity contribution in [2.75, 3.05) is 19.0 Å². The van der Waals surface area contributed by atoms with Crippen molar-refractivity contribution in [1.29, 1.82) is 0 Å². The zero-order valence-corrected chi connectivity index (χ0v) is 15.2. The molecule has 0 fully saturated rings. The monoisotopic (exact) mass is 386 g/mol. The van der Waals surface area contributed by atoms with Gasteiger partial charge in [-0.05, 0) is 48.9 Å². The summed E-state index contributed by atoms with van der Waals surface area (Å²) in [6.07, 6.45) is 0. The highest BCUT2D eigenvalue weighted by molar-refractivity contribution is 7.99. The highest BCUT2D eigenvalue weighted by Crippen LogP contribution is 2.29. The number of carboxylic acid groups (broad SMARTS) is 1. The smallest absolute Gasteiger partial charge is 0.341 e. The summed E-state index contributed by atoms with van der Waals surface area (Å²) >= 11 is 13.5. The van der Waals surface area contributed by atoms with E-state index in [0.717, 1.165) is 16.2 Å². The molecule has 0 atom stereocenters. The largest absolute Gasteiger partial charge is 0.491 e. The molecule has 1 N–H and O–H groups in total. The van der Waals surface area contributed by atoms with Crippen molar-refractivity contribution in [2.24, 2.45) is 0 Å². The van der Waals surface area contributed by atoms with E-state index in [2.05, 4.69) is 0 Å². The summed E-state index contributed by atoms with van der Waals surface area (Å²) in [7, 11) is 0. The van der Waals surface area contributed by atoms with Crippen molar-refractivity contribution in [3.8, 4) is 11.5 Å². The van der Waals surface area contributed by atoms with E-state index < -0.39 is 5.97 Å². The van der Waals surface area contributed by atoms with Crippen LogP contribution in [-0.4, -0.2) is 30.0 Å². The number of hydrogen-bond acceptors (Lipinski definition) is 4. The minimum atomic E-state index is -0.995. The molecule has 2 aromatic carbocycles. The average molecular weight is 387 g/mol. The molecule has 0 saturated heterocycles. The molecule has 0 aliphatic carbocycles. The number of ether oxygens (including phenoxy) is 2. The fraction of sp³-hybridized carbons (Fsp3) is 0.235. The summed E-state index contributed by atoms with van der Waals surface area (Å²) in [6.45, 7) is 2.04. The van der Waals surface area contributed by atoms with Crippen LogP contribution in [0.4, 0.5) is 0 Å². The normalized spacial score (nSPS) is 10.5. The molecule has 0 heterocycles. The van der Waals surface area contributed by atoms with Crippen LogP contribution in [0.15, 0.2) is 41.3 Å². The standard InChI is InChI=1S/C17H16Cl2O4S/c1-11-8-13(3-5-15(11)23-10-17(20)21)24-7-6-22-16-4-2-12(18)9-14(16)19/h2-5,8-9H,6-7,10H2,1H3,(H,20,21). The molecule has 128 valence electrons. The Labute approximate surface area is 154 Å². The molecule has 0 spiro atoms. The van der Waals surface area contributed by atoms with Gasteiger partial charge < -0.3 is 14.6 Å². The SMILES string of the molecule is Cc1cc(SCCOc2ccc(Cl)cc2Cl)ccc1OCC(=O)O. The molecule has 0 unspecified atom stereocenters. The molecular weight excluding hydrogens is 371 g/mol. The van der Waals surface area contributed by atoms with Gasteiger partial charge in [-0.15, -0.1) is 11.8 Å². The Kier molecular flexibility index (Phi) is 7.09. The molecule has 0 aliphatic heterocycles. The number of aryl methyl sites for hydroxylation is 1. The Bertz CT molecular complexity index is 722. The van der Waals surface area contributed by atoms with Crippen molar-refractivity contribution >= 4 is 40.9 Å². The second-order valence-electron chi connectivity index (χ2n) is 4.88. The maximum atomic E-state index is 10.5. The third-order valence-corrected chi connectivity index (χ3v) is 4.49. The number of carboxylic acids is 1. The average Bonchev–Trinajstić information content (AvgIpc) is 2.52. The van der Waals surface area contributed by atoms with Gasteiger partial charge in [-0.3, -0.25) is 0 Å². The topological polar surface area (TPSA) is 55.8 Å². The van der Waals surface area contributed by atoms with Crippen LogP contribution < -0.4 is 9.47 Å². The lowest BCUT2D eigenvalue weighted by Gasteiger charge is -2.10. The number of rotatable bonds is 8. The third-order valence-electron chi connectivity index (χ3n) is 3.00. The molecule has 0 bridgehead atoms. The zero-order valence-electron chi connectivity index (χ0n) is 12.9. The second-order valence-corrected chi connectivity index (χ2v) is 6.89. The quantitative estimate of drug-likeness (QED) is 0.514. The van der Waals surface area contributed by atoms with Crippen molar-refractivity contribution in [1.82, 2.24) is 0 Å². The molecule has 7 heteroatoms. The molecular formula is C17H16Cl2O4S. The van der Waals surface area contributed by atoms with Gasteiger partial charge in [0, 0.05) is 15.7 Å². The van der Waals surface area contributed by atoms with Gasteiger partial charge in [0.1, 0.15) is 11.5 Å². The van der Waals surface area contributed by atoms with Gasteiger partial charge in [0.25, 0.3) is 0 Å². The predicted octanol–water partition coefficient (Wildman–Crippen LogP) is 4.94. The Balaban J connectivity index is 1.81. The van der Waals surface area contributed by atoms with Crippen LogP contribution in [0.2, 0.25) is 10.0 Å². The van der Waals surface area contributed by atoms with E-state index in [1.54, 1.807) is 36.0 Å². The van der Waals surface area contributed by atoms with Gasteiger partial charge in [-0.2, -0.15) is 0 Å². The molecule has 0 aliphatic rings. The number of hydrogen-bond donors (Lipinski definition) is 1. The number of thioether (sulfide) groups is 1. The minimum absolute atomic E-state index is 0.344. The molecule has 0 saturated carbocycles. The Morgan fingerprint density at radius 1 is 1.12 bits per heavy atom. The maximum Gasteiger partial charge on any atom is 0.341 e. The van der Waals surface area contributed by atoms with Crippen molar-refractivity contribution in [3.05, 3.63) is 52.0 Å². The molecule has 2 rings (SSSR count). The molecule has 4 nitrogen and oxygen atoms in total. The molecule has 24 heavy (non-hydrogen) atoms. The Morgan fingerprint density at radius 3 is 2.54 bits per heavy atom. The summed E-state index contributed by atoms with van der Waals surface area (Å²) in [5.41, 5.74) is 0.892. The summed E-state index contributed by atoms with van der Waals surface area (Å²) in [5.74, 6) is 0.931. The van der Waals surface area contributed by atoms with Crippen LogP contribution in [0.3, 0.4) is 0 Å². The Morgan fingerprint density at radius 2 is 1.88 bits per heavy atom. The van der Waals surface area contributed by atoms with Crippen molar-refractivity contribution in [3.63, 3.8) is 0 Å². The first-order chi connectivity index (χ1) is 11.5. The summed E-state index contributed by atoms with van der Waals surface area (Å²) in [5, 5.41) is 9.69. The van der Waals surface area contributed by atoms with E-state index in [4.69, 9.17) is 37.8 Å². The summed E-state index contributed by atoms with van der Waals surface area (Å²) in [6, 6.07) is 10.7. The van der Waals surface area contributed by atoms with Crippen LogP contribution in [0.25, 0.3) is 0 Å². The van der Waals surface area contributed by atoms with Gasteiger partial charge >= 0.3 is 5.97 Å². The molecule has 0 amide bonds. The highest BCUT2D eigenvalue weighted by Gasteiger charge is 2.05. The summed E-state index contributed by atoms with van der Waals surface area (Å²) < 4.78 is 10.8. The van der Waals surface area contributed by atoms with Crippen LogP contribution in [0, 0.1) is 6.92 Å². The minimum Gasteiger partial charge on any atom is -0.491 e. The fourth-order valence-corrected chi connectivity index (χ4v) is 3.21. The highest BCUT2D eigenvalue weighted by atomic mass is 35.5. The van der Waals surface area contributed by atoms with E-state index in [1.807, 2.05) is 19.1 Å². The van der Waals surface area contributed by atoms with E-state index in [0.29, 0.717) is 28.2 Å². The van der Waals surface area contributed by atoms with E-state index in [1.165, 1.54) is 0 Å². The van der Waals surface area contributed by atoms with Gasteiger partial charge in [0.05, 0.1) is 11.6 Å². The van der Waals surface area contributed by atoms with Gasteiger partial charge in [-0.1, -0.05) is 23.2 Å². The first-order valence-corrected chi connectivity index (χ1v) is 8.86. The molecule has 0 radical (unpaired) electrons. The second kappa shape index (κ2) is 9.06. The third kappa shape index (κ3) is 5.82. The molecule has 0 aromatic heterocycles. The first kappa shape index (κ1) is 18.8. The first-order valence-electron chi connectivity index (χ1n) is 7.11. The van der Waals surface area contributed by atoms with Crippen LogP contribution in [0.5, 0.6) is 11.5 Å². The molecule has 2 aromatic rings. The van der Waals surface area contributed by atoms with Crippen LogP contribution in [0.1, 0.15) is 5.56 Å². The lowest BCUT2D eigenvalue weighted by molar-refractivity contribution is -0.139. The number of halogens is 2. The lowest BCUT2D eigenvalue weighted by Crippen LogP contribution is -2.10. The Hall–Kier alpha value is -1.56. The van der Waals surface area contributed by atoms with Gasteiger partial charge in [0.2, 0.25) is 0 Å². The van der Waals surface area contributed by atoms with Crippen molar-refractivity contribution in [2.45, 2.75) is 11.8 Å². The van der Waals surface area contributed by atoms with E-state index in [-0.39, 0.29) is 6.61 Å². The number of carbonyl (C=O) groups is 1. The van der Waals surface area contributed by atoms with E-state index >= 15 is 0 Å². The lowest BCUT2D eigenvalue weighted by atomic mass is 10.2.